The highest BCUT2D eigenvalue weighted by molar-refractivity contribution is 9.10. The second-order valence-corrected chi connectivity index (χ2v) is 14.6. The first-order valence-corrected chi connectivity index (χ1v) is 15.3. The van der Waals surface area contributed by atoms with Gasteiger partial charge in [0.2, 0.25) is 5.78 Å². The van der Waals surface area contributed by atoms with Crippen LogP contribution in [0.2, 0.25) is 0 Å². The summed E-state index contributed by atoms with van der Waals surface area (Å²) in [5.74, 6) is -3.01. The molecule has 5 rings (SSSR count). The summed E-state index contributed by atoms with van der Waals surface area (Å²) in [6.45, 7) is 6.30. The summed E-state index contributed by atoms with van der Waals surface area (Å²) in [6.07, 6.45) is 4.43. The molecule has 1 aromatic rings. The number of allylic oxidation sites excluding steroid dienone is 4. The minimum absolute atomic E-state index is 0.0674. The molecular formula is C31H33Br2FO6. The number of alkyl halides is 3. The van der Waals surface area contributed by atoms with E-state index in [1.807, 2.05) is 26.8 Å². The summed E-state index contributed by atoms with van der Waals surface area (Å²) in [6, 6.07) is 8.39. The van der Waals surface area contributed by atoms with Crippen molar-refractivity contribution in [1.82, 2.24) is 0 Å². The van der Waals surface area contributed by atoms with Crippen LogP contribution in [-0.4, -0.2) is 51.0 Å². The lowest BCUT2D eigenvalue weighted by atomic mass is 9.46. The zero-order valence-electron chi connectivity index (χ0n) is 22.9. The largest absolute Gasteiger partial charge is 0.458 e. The van der Waals surface area contributed by atoms with Gasteiger partial charge in [-0.1, -0.05) is 82.5 Å². The Kier molecular flexibility index (Phi) is 7.34. The molecule has 0 bridgehead atoms. The molecule has 0 N–H and O–H groups in total. The summed E-state index contributed by atoms with van der Waals surface area (Å²) < 4.78 is 27.4. The third kappa shape index (κ3) is 3.97. The fourth-order valence-corrected chi connectivity index (χ4v) is 11.0. The number of rotatable bonds is 5. The van der Waals surface area contributed by atoms with E-state index >= 15 is 4.39 Å². The third-order valence-electron chi connectivity index (χ3n) is 10.2. The number of hydrogen-bond donors (Lipinski definition) is 0. The highest BCUT2D eigenvalue weighted by atomic mass is 79.9. The molecule has 0 aromatic heterocycles. The van der Waals surface area contributed by atoms with Crippen molar-refractivity contribution in [3.05, 3.63) is 59.7 Å². The first-order chi connectivity index (χ1) is 18.7. The maximum atomic E-state index is 17.0. The first-order valence-electron chi connectivity index (χ1n) is 13.6. The molecule has 1 aromatic carbocycles. The summed E-state index contributed by atoms with van der Waals surface area (Å²) in [4.78, 5) is 51.4. The van der Waals surface area contributed by atoms with Crippen LogP contribution in [0.1, 0.15) is 57.3 Å². The van der Waals surface area contributed by atoms with Gasteiger partial charge >= 0.3 is 11.9 Å². The van der Waals surface area contributed by atoms with E-state index in [1.165, 1.54) is 13.0 Å². The van der Waals surface area contributed by atoms with Crippen LogP contribution in [0, 0.1) is 28.6 Å². The van der Waals surface area contributed by atoms with Crippen molar-refractivity contribution in [2.45, 2.75) is 67.9 Å². The number of hydrogen-bond acceptors (Lipinski definition) is 6. The van der Waals surface area contributed by atoms with E-state index in [2.05, 4.69) is 31.9 Å². The van der Waals surface area contributed by atoms with E-state index in [4.69, 9.17) is 9.47 Å². The van der Waals surface area contributed by atoms with Gasteiger partial charge in [-0.15, -0.1) is 0 Å². The Labute approximate surface area is 250 Å². The molecule has 3 fully saturated rings. The molecular weight excluding hydrogens is 647 g/mol. The molecule has 3 saturated carbocycles. The zero-order chi connectivity index (χ0) is 29.3. The second kappa shape index (κ2) is 10.0. The van der Waals surface area contributed by atoms with E-state index in [9.17, 15) is 19.2 Å². The van der Waals surface area contributed by atoms with Crippen LogP contribution in [0.15, 0.2) is 54.1 Å². The molecule has 0 saturated heterocycles. The predicted molar refractivity (Wildman–Crippen MR) is 154 cm³/mol. The van der Waals surface area contributed by atoms with Gasteiger partial charge in [0.05, 0.1) is 9.89 Å². The SMILES string of the molecule is CC(=O)OCC(=O)[C@]1(OC(=O)c2ccccc2)[C@H](C)C[C@H]2[C@@H]3[C@H](Br)CC4=CC(=O)C=C[C@]4(C)[C@@]3(Br)[C@@H](F)C[C@@]21C. The number of fused-ring (bicyclic) bond motifs is 5. The quantitative estimate of drug-likeness (QED) is 0.276. The number of halogens is 3. The zero-order valence-corrected chi connectivity index (χ0v) is 26.1. The van der Waals surface area contributed by atoms with Gasteiger partial charge < -0.3 is 9.47 Å². The predicted octanol–water partition coefficient (Wildman–Crippen LogP) is 6.11. The van der Waals surface area contributed by atoms with Crippen LogP contribution >= 0.6 is 31.9 Å². The minimum atomic E-state index is -1.72. The highest BCUT2D eigenvalue weighted by Gasteiger charge is 2.77. The van der Waals surface area contributed by atoms with Gasteiger partial charge in [0, 0.05) is 28.5 Å². The maximum absolute atomic E-state index is 17.0. The molecule has 4 aliphatic carbocycles. The number of ether oxygens (including phenoxy) is 2. The van der Waals surface area contributed by atoms with Gasteiger partial charge in [-0.05, 0) is 55.4 Å². The molecule has 0 unspecified atom stereocenters. The average molecular weight is 680 g/mol. The number of esters is 2. The van der Waals surface area contributed by atoms with Gasteiger partial charge in [-0.25, -0.2) is 9.18 Å². The van der Waals surface area contributed by atoms with E-state index in [0.717, 1.165) is 5.57 Å². The molecule has 9 atom stereocenters. The van der Waals surface area contributed by atoms with E-state index < -0.39 is 57.2 Å². The van der Waals surface area contributed by atoms with Gasteiger partial charge in [0.25, 0.3) is 0 Å². The smallest absolute Gasteiger partial charge is 0.339 e. The van der Waals surface area contributed by atoms with Crippen LogP contribution in [0.3, 0.4) is 0 Å². The van der Waals surface area contributed by atoms with Gasteiger partial charge in [-0.3, -0.25) is 14.4 Å². The maximum Gasteiger partial charge on any atom is 0.339 e. The van der Waals surface area contributed by atoms with E-state index in [-0.39, 0.29) is 34.4 Å². The van der Waals surface area contributed by atoms with Crippen LogP contribution in [-0.2, 0) is 23.9 Å². The van der Waals surface area contributed by atoms with Crippen molar-refractivity contribution >= 4 is 55.4 Å². The lowest BCUT2D eigenvalue weighted by Crippen LogP contribution is -2.70. The van der Waals surface area contributed by atoms with Crippen molar-refractivity contribution in [1.29, 1.82) is 0 Å². The topological polar surface area (TPSA) is 86.7 Å². The van der Waals surface area contributed by atoms with Crippen molar-refractivity contribution in [2.24, 2.45) is 28.6 Å². The standard InChI is InChI=1S/C31H33Br2FO6/c1-17-12-22-26-23(32)14-20-13-21(36)10-11-28(20,3)30(26,33)24(34)15-29(22,4)31(17,25(37)16-39-18(2)35)40-27(38)19-8-6-5-7-9-19/h5-11,13,17,22-24,26H,12,14-16H2,1-4H3/t17-,22+,23-,24+,26-,28+,29+,30-,31-/m1/s1. The van der Waals surface area contributed by atoms with Crippen molar-refractivity contribution < 1.29 is 33.0 Å². The fourth-order valence-electron chi connectivity index (χ4n) is 8.33. The second-order valence-electron chi connectivity index (χ2n) is 12.1. The van der Waals surface area contributed by atoms with Crippen LogP contribution in [0.5, 0.6) is 0 Å². The summed E-state index contributed by atoms with van der Waals surface area (Å²) in [5.41, 5.74) is -2.46. The molecule has 0 heterocycles. The normalized spacial score (nSPS) is 41.7. The van der Waals surface area contributed by atoms with Crippen LogP contribution in [0.25, 0.3) is 0 Å². The summed E-state index contributed by atoms with van der Waals surface area (Å²) in [5, 5.41) is 0. The number of carbonyl (C=O) groups excluding carboxylic acids is 4. The fraction of sp³-hybridized carbons (Fsp3) is 0.548. The van der Waals surface area contributed by atoms with Gasteiger partial charge in [0.15, 0.2) is 18.0 Å². The lowest BCUT2D eigenvalue weighted by molar-refractivity contribution is -0.177. The third-order valence-corrected chi connectivity index (χ3v) is 12.9. The summed E-state index contributed by atoms with van der Waals surface area (Å²) >= 11 is 7.78. The van der Waals surface area contributed by atoms with Crippen LogP contribution < -0.4 is 0 Å². The van der Waals surface area contributed by atoms with Crippen LogP contribution in [0.4, 0.5) is 4.39 Å². The number of benzene rings is 1. The lowest BCUT2D eigenvalue weighted by Gasteiger charge is -2.64. The van der Waals surface area contributed by atoms with Gasteiger partial charge in [0.1, 0.15) is 6.17 Å². The molecule has 0 spiro atoms. The number of carbonyl (C=O) groups is 4. The highest BCUT2D eigenvalue weighted by Crippen LogP contribution is 2.73. The number of Topliss-reactive ketones (excluding diaryl/α,β-unsaturated/α-hetero) is 1. The molecule has 40 heavy (non-hydrogen) atoms. The molecule has 0 radical (unpaired) electrons. The van der Waals surface area contributed by atoms with Crippen molar-refractivity contribution in [3.63, 3.8) is 0 Å². The van der Waals surface area contributed by atoms with Gasteiger partial charge in [-0.2, -0.15) is 0 Å². The first kappa shape index (κ1) is 29.4. The monoisotopic (exact) mass is 678 g/mol. The Balaban J connectivity index is 1.64. The Morgan fingerprint density at radius 2 is 1.82 bits per heavy atom. The summed E-state index contributed by atoms with van der Waals surface area (Å²) in [7, 11) is 0. The Hall–Kier alpha value is -2.13. The molecule has 0 aliphatic heterocycles. The molecule has 9 heteroatoms. The minimum Gasteiger partial charge on any atom is -0.458 e. The van der Waals surface area contributed by atoms with Crippen molar-refractivity contribution in [2.75, 3.05) is 6.61 Å². The van der Waals surface area contributed by atoms with E-state index in [1.54, 1.807) is 36.4 Å². The Bertz CT molecular complexity index is 1330. The Morgan fingerprint density at radius 3 is 2.48 bits per heavy atom. The molecule has 0 amide bonds. The average Bonchev–Trinajstić information content (AvgIpc) is 3.11. The molecule has 214 valence electrons. The Morgan fingerprint density at radius 1 is 1.15 bits per heavy atom. The van der Waals surface area contributed by atoms with E-state index in [0.29, 0.717) is 12.8 Å². The molecule has 6 nitrogen and oxygen atoms in total. The number of ketones is 2. The van der Waals surface area contributed by atoms with Crippen molar-refractivity contribution in [3.8, 4) is 0 Å². The molecule has 4 aliphatic rings.